The molecule has 3 rings (SSSR count). The Labute approximate surface area is 139 Å². The molecule has 0 aliphatic carbocycles. The first-order valence-corrected chi connectivity index (χ1v) is 8.38. The van der Waals surface area contributed by atoms with E-state index >= 15 is 0 Å². The number of benzene rings is 2. The lowest BCUT2D eigenvalue weighted by atomic mass is 10.1. The number of nitrogens with one attached hydrogen (secondary N) is 1. The van der Waals surface area contributed by atoms with Gasteiger partial charge in [-0.15, -0.1) is 0 Å². The summed E-state index contributed by atoms with van der Waals surface area (Å²) in [5.74, 6) is -0.0740. The first-order chi connectivity index (χ1) is 10.7. The quantitative estimate of drug-likeness (QED) is 0.883. The Bertz CT molecular complexity index is 631. The molecule has 4 heteroatoms. The molecule has 2 aromatic carbocycles. The van der Waals surface area contributed by atoms with Gasteiger partial charge in [0.25, 0.3) is 5.91 Å². The summed E-state index contributed by atoms with van der Waals surface area (Å²) >= 11 is 3.38. The molecule has 0 atom stereocenters. The van der Waals surface area contributed by atoms with Gasteiger partial charge in [-0.2, -0.15) is 0 Å². The Morgan fingerprint density at radius 2 is 1.64 bits per heavy atom. The van der Waals surface area contributed by atoms with E-state index in [1.807, 2.05) is 36.4 Å². The van der Waals surface area contributed by atoms with Crippen molar-refractivity contribution in [3.05, 3.63) is 64.1 Å². The molecule has 1 aliphatic rings. The molecular weight excluding hydrogens is 340 g/mol. The molecule has 0 unspecified atom stereocenters. The van der Waals surface area contributed by atoms with Crippen LogP contribution < -0.4 is 5.32 Å². The highest BCUT2D eigenvalue weighted by atomic mass is 79.9. The van der Waals surface area contributed by atoms with Crippen LogP contribution in [-0.2, 0) is 6.54 Å². The molecule has 0 radical (unpaired) electrons. The van der Waals surface area contributed by atoms with Gasteiger partial charge in [-0.3, -0.25) is 9.69 Å². The van der Waals surface area contributed by atoms with Crippen LogP contribution in [0, 0.1) is 0 Å². The number of nitrogens with zero attached hydrogens (tertiary/aromatic N) is 1. The van der Waals surface area contributed by atoms with Crippen LogP contribution in [0.2, 0.25) is 0 Å². The summed E-state index contributed by atoms with van der Waals surface area (Å²) in [4.78, 5) is 14.7. The van der Waals surface area contributed by atoms with E-state index in [4.69, 9.17) is 0 Å². The predicted octanol–water partition coefficient (Wildman–Crippen LogP) is 4.30. The molecule has 2 aromatic rings. The molecule has 1 heterocycles. The summed E-state index contributed by atoms with van der Waals surface area (Å²) in [5.41, 5.74) is 2.75. The Balaban J connectivity index is 1.61. The summed E-state index contributed by atoms with van der Waals surface area (Å²) in [6, 6.07) is 15.5. The number of likely N-dealkylation sites (tertiary alicyclic amines) is 1. The van der Waals surface area contributed by atoms with Crippen LogP contribution in [-0.4, -0.2) is 23.9 Å². The first-order valence-electron chi connectivity index (χ1n) is 7.59. The minimum Gasteiger partial charge on any atom is -0.322 e. The average molecular weight is 359 g/mol. The van der Waals surface area contributed by atoms with Gasteiger partial charge in [0.1, 0.15) is 0 Å². The minimum absolute atomic E-state index is 0.0740. The van der Waals surface area contributed by atoms with E-state index in [9.17, 15) is 4.79 Å². The number of hydrogen-bond acceptors (Lipinski definition) is 2. The van der Waals surface area contributed by atoms with Gasteiger partial charge in [0, 0.05) is 22.3 Å². The highest BCUT2D eigenvalue weighted by molar-refractivity contribution is 9.10. The summed E-state index contributed by atoms with van der Waals surface area (Å²) in [6.45, 7) is 3.35. The third-order valence-electron chi connectivity index (χ3n) is 3.92. The van der Waals surface area contributed by atoms with Gasteiger partial charge in [0.05, 0.1) is 0 Å². The van der Waals surface area contributed by atoms with Crippen molar-refractivity contribution in [2.75, 3.05) is 18.4 Å². The zero-order chi connectivity index (χ0) is 15.4. The number of halogens is 1. The molecule has 1 saturated heterocycles. The Morgan fingerprint density at radius 1 is 1.00 bits per heavy atom. The summed E-state index contributed by atoms with van der Waals surface area (Å²) < 4.78 is 0.997. The van der Waals surface area contributed by atoms with E-state index in [1.165, 1.54) is 31.5 Å². The third-order valence-corrected chi connectivity index (χ3v) is 4.45. The smallest absolute Gasteiger partial charge is 0.255 e. The van der Waals surface area contributed by atoms with Crippen molar-refractivity contribution in [1.82, 2.24) is 4.90 Å². The van der Waals surface area contributed by atoms with Crippen molar-refractivity contribution >= 4 is 27.5 Å². The SMILES string of the molecule is O=C(Nc1ccc(Br)cc1)c1ccc(CN2CCCC2)cc1. The average Bonchev–Trinajstić information content (AvgIpc) is 3.03. The Kier molecular flexibility index (Phi) is 4.90. The fourth-order valence-corrected chi connectivity index (χ4v) is 2.96. The van der Waals surface area contributed by atoms with Crippen LogP contribution in [0.15, 0.2) is 53.0 Å². The maximum Gasteiger partial charge on any atom is 0.255 e. The maximum atomic E-state index is 12.2. The van der Waals surface area contributed by atoms with Crippen molar-refractivity contribution in [1.29, 1.82) is 0 Å². The molecule has 0 spiro atoms. The van der Waals surface area contributed by atoms with Gasteiger partial charge < -0.3 is 5.32 Å². The van der Waals surface area contributed by atoms with E-state index in [-0.39, 0.29) is 5.91 Å². The lowest BCUT2D eigenvalue weighted by Crippen LogP contribution is -2.18. The predicted molar refractivity (Wildman–Crippen MR) is 93.0 cm³/mol. The molecule has 0 saturated carbocycles. The summed E-state index contributed by atoms with van der Waals surface area (Å²) in [6.07, 6.45) is 2.60. The molecule has 1 amide bonds. The van der Waals surface area contributed by atoms with Crippen LogP contribution in [0.5, 0.6) is 0 Å². The largest absolute Gasteiger partial charge is 0.322 e. The molecule has 1 aliphatic heterocycles. The zero-order valence-corrected chi connectivity index (χ0v) is 14.0. The number of anilines is 1. The fraction of sp³-hybridized carbons (Fsp3) is 0.278. The maximum absolute atomic E-state index is 12.2. The minimum atomic E-state index is -0.0740. The molecule has 22 heavy (non-hydrogen) atoms. The van der Waals surface area contributed by atoms with E-state index in [2.05, 4.69) is 38.3 Å². The summed E-state index contributed by atoms with van der Waals surface area (Å²) in [7, 11) is 0. The molecule has 0 bridgehead atoms. The second-order valence-corrected chi connectivity index (χ2v) is 6.56. The molecule has 1 N–H and O–H groups in total. The van der Waals surface area contributed by atoms with E-state index in [0.717, 1.165) is 16.7 Å². The van der Waals surface area contributed by atoms with Crippen LogP contribution in [0.3, 0.4) is 0 Å². The van der Waals surface area contributed by atoms with Crippen LogP contribution >= 0.6 is 15.9 Å². The molecule has 1 fully saturated rings. The van der Waals surface area contributed by atoms with Crippen LogP contribution in [0.25, 0.3) is 0 Å². The van der Waals surface area contributed by atoms with Gasteiger partial charge in [-0.05, 0) is 67.9 Å². The van der Waals surface area contributed by atoms with E-state index in [1.54, 1.807) is 0 Å². The Hall–Kier alpha value is -1.65. The van der Waals surface area contributed by atoms with Crippen molar-refractivity contribution in [3.8, 4) is 0 Å². The molecule has 114 valence electrons. The Morgan fingerprint density at radius 3 is 2.27 bits per heavy atom. The third kappa shape index (κ3) is 3.96. The van der Waals surface area contributed by atoms with Crippen LogP contribution in [0.1, 0.15) is 28.8 Å². The van der Waals surface area contributed by atoms with Crippen molar-refractivity contribution in [3.63, 3.8) is 0 Å². The van der Waals surface area contributed by atoms with E-state index < -0.39 is 0 Å². The lowest BCUT2D eigenvalue weighted by Gasteiger charge is -2.14. The van der Waals surface area contributed by atoms with Crippen molar-refractivity contribution in [2.45, 2.75) is 19.4 Å². The van der Waals surface area contributed by atoms with Crippen molar-refractivity contribution in [2.24, 2.45) is 0 Å². The molecular formula is C18H19BrN2O. The standard InChI is InChI=1S/C18H19BrN2O/c19-16-7-9-17(10-8-16)20-18(22)15-5-3-14(4-6-15)13-21-11-1-2-12-21/h3-10H,1-2,11-13H2,(H,20,22). The van der Waals surface area contributed by atoms with E-state index in [0.29, 0.717) is 5.56 Å². The van der Waals surface area contributed by atoms with Gasteiger partial charge >= 0.3 is 0 Å². The molecule has 0 aromatic heterocycles. The zero-order valence-electron chi connectivity index (χ0n) is 12.4. The highest BCUT2D eigenvalue weighted by Gasteiger charge is 2.12. The van der Waals surface area contributed by atoms with Gasteiger partial charge in [-0.1, -0.05) is 28.1 Å². The van der Waals surface area contributed by atoms with Gasteiger partial charge in [-0.25, -0.2) is 0 Å². The topological polar surface area (TPSA) is 32.3 Å². The monoisotopic (exact) mass is 358 g/mol. The molecule has 3 nitrogen and oxygen atoms in total. The second-order valence-electron chi connectivity index (χ2n) is 5.64. The summed E-state index contributed by atoms with van der Waals surface area (Å²) in [5, 5.41) is 2.91. The second kappa shape index (κ2) is 7.07. The van der Waals surface area contributed by atoms with Crippen LogP contribution in [0.4, 0.5) is 5.69 Å². The lowest BCUT2D eigenvalue weighted by molar-refractivity contribution is 0.102. The number of hydrogen-bond donors (Lipinski definition) is 1. The normalized spacial score (nSPS) is 15.0. The van der Waals surface area contributed by atoms with Gasteiger partial charge in [0.15, 0.2) is 0 Å². The highest BCUT2D eigenvalue weighted by Crippen LogP contribution is 2.16. The van der Waals surface area contributed by atoms with Crippen molar-refractivity contribution < 1.29 is 4.79 Å². The number of amides is 1. The number of carbonyl (C=O) groups is 1. The number of rotatable bonds is 4. The van der Waals surface area contributed by atoms with Gasteiger partial charge in [0.2, 0.25) is 0 Å². The number of carbonyl (C=O) groups excluding carboxylic acids is 1. The fourth-order valence-electron chi connectivity index (χ4n) is 2.70. The first kappa shape index (κ1) is 15.3.